The largest absolute Gasteiger partial charge is 0.392 e. The Morgan fingerprint density at radius 3 is 2.93 bits per heavy atom. The van der Waals surface area contributed by atoms with Gasteiger partial charge in [-0.3, -0.25) is 9.78 Å². The minimum absolute atomic E-state index is 0.159. The molecule has 2 rings (SSSR count). The summed E-state index contributed by atoms with van der Waals surface area (Å²) in [5.41, 5.74) is 1.58. The summed E-state index contributed by atoms with van der Waals surface area (Å²) in [5.74, 6) is 0. The highest BCUT2D eigenvalue weighted by Crippen LogP contribution is 2.17. The molecule has 0 aliphatic rings. The molecule has 4 heteroatoms. The SMILES string of the molecule is O=c1[nH]ccc(CO)c1-c1cccnc1. The van der Waals surface area contributed by atoms with E-state index < -0.39 is 0 Å². The van der Waals surface area contributed by atoms with Gasteiger partial charge in [0.1, 0.15) is 0 Å². The van der Waals surface area contributed by atoms with Gasteiger partial charge in [-0.1, -0.05) is 6.07 Å². The number of aromatic nitrogens is 2. The van der Waals surface area contributed by atoms with Crippen molar-refractivity contribution >= 4 is 0 Å². The minimum Gasteiger partial charge on any atom is -0.392 e. The molecule has 0 saturated carbocycles. The molecule has 76 valence electrons. The standard InChI is InChI=1S/C11H10N2O2/c14-7-9-3-5-13-11(15)10(9)8-2-1-4-12-6-8/h1-6,14H,7H2,(H,13,15). The third-order valence-electron chi connectivity index (χ3n) is 2.17. The maximum atomic E-state index is 11.6. The highest BCUT2D eigenvalue weighted by atomic mass is 16.3. The molecule has 0 aliphatic carbocycles. The number of nitrogens with zero attached hydrogens (tertiary/aromatic N) is 1. The van der Waals surface area contributed by atoms with Gasteiger partial charge in [-0.25, -0.2) is 0 Å². The van der Waals surface area contributed by atoms with E-state index in [1.54, 1.807) is 30.6 Å². The average Bonchev–Trinajstić information content (AvgIpc) is 2.29. The van der Waals surface area contributed by atoms with E-state index in [9.17, 15) is 4.79 Å². The lowest BCUT2D eigenvalue weighted by Gasteiger charge is -2.04. The van der Waals surface area contributed by atoms with Crippen LogP contribution in [-0.2, 0) is 6.61 Å². The highest BCUT2D eigenvalue weighted by Gasteiger charge is 2.08. The molecule has 0 aromatic carbocycles. The molecule has 15 heavy (non-hydrogen) atoms. The molecule has 2 aromatic rings. The molecule has 2 N–H and O–H groups in total. The van der Waals surface area contributed by atoms with Crippen LogP contribution in [0.15, 0.2) is 41.6 Å². The second kappa shape index (κ2) is 4.06. The third kappa shape index (κ3) is 1.80. The molecule has 0 atom stereocenters. The van der Waals surface area contributed by atoms with Crippen LogP contribution in [-0.4, -0.2) is 15.1 Å². The van der Waals surface area contributed by atoms with Crippen molar-refractivity contribution in [2.75, 3.05) is 0 Å². The van der Waals surface area contributed by atoms with E-state index in [1.807, 2.05) is 0 Å². The van der Waals surface area contributed by atoms with Gasteiger partial charge in [-0.15, -0.1) is 0 Å². The van der Waals surface area contributed by atoms with E-state index in [0.717, 1.165) is 0 Å². The van der Waals surface area contributed by atoms with Gasteiger partial charge in [0.25, 0.3) is 5.56 Å². The molecule has 0 spiro atoms. The lowest BCUT2D eigenvalue weighted by Crippen LogP contribution is -2.11. The summed E-state index contributed by atoms with van der Waals surface area (Å²) < 4.78 is 0. The molecule has 4 nitrogen and oxygen atoms in total. The van der Waals surface area contributed by atoms with Gasteiger partial charge in [0.2, 0.25) is 0 Å². The first-order valence-corrected chi connectivity index (χ1v) is 4.55. The number of aromatic amines is 1. The van der Waals surface area contributed by atoms with Crippen LogP contribution in [0.2, 0.25) is 0 Å². The molecule has 0 bridgehead atoms. The van der Waals surface area contributed by atoms with Crippen molar-refractivity contribution in [1.82, 2.24) is 9.97 Å². The second-order valence-corrected chi connectivity index (χ2v) is 3.11. The predicted octanol–water partition coefficient (Wildman–Crippen LogP) is 0.929. The predicted molar refractivity (Wildman–Crippen MR) is 56.2 cm³/mol. The van der Waals surface area contributed by atoms with Crippen LogP contribution < -0.4 is 5.56 Å². The van der Waals surface area contributed by atoms with Gasteiger partial charge < -0.3 is 10.1 Å². The van der Waals surface area contributed by atoms with Gasteiger partial charge in [-0.05, 0) is 17.7 Å². The number of nitrogens with one attached hydrogen (secondary N) is 1. The number of aliphatic hydroxyl groups is 1. The fraction of sp³-hybridized carbons (Fsp3) is 0.0909. The van der Waals surface area contributed by atoms with E-state index in [0.29, 0.717) is 16.7 Å². The molecule has 0 saturated heterocycles. The van der Waals surface area contributed by atoms with Crippen LogP contribution in [0.3, 0.4) is 0 Å². The molecule has 2 aromatic heterocycles. The topological polar surface area (TPSA) is 66.0 Å². The van der Waals surface area contributed by atoms with Gasteiger partial charge in [0.15, 0.2) is 0 Å². The van der Waals surface area contributed by atoms with Gasteiger partial charge in [0, 0.05) is 24.2 Å². The second-order valence-electron chi connectivity index (χ2n) is 3.11. The molecule has 0 unspecified atom stereocenters. The number of hydrogen-bond donors (Lipinski definition) is 2. The fourth-order valence-corrected chi connectivity index (χ4v) is 1.48. The molecule has 0 fully saturated rings. The Morgan fingerprint density at radius 1 is 1.40 bits per heavy atom. The molecule has 0 radical (unpaired) electrons. The van der Waals surface area contributed by atoms with E-state index in [-0.39, 0.29) is 12.2 Å². The minimum atomic E-state index is -0.213. The lowest BCUT2D eigenvalue weighted by atomic mass is 10.0. The van der Waals surface area contributed by atoms with Crippen molar-refractivity contribution in [3.05, 3.63) is 52.7 Å². The van der Waals surface area contributed by atoms with Crippen molar-refractivity contribution in [3.8, 4) is 11.1 Å². The molecule has 0 amide bonds. The summed E-state index contributed by atoms with van der Waals surface area (Å²) in [5, 5.41) is 9.13. The monoisotopic (exact) mass is 202 g/mol. The third-order valence-corrected chi connectivity index (χ3v) is 2.17. The Balaban J connectivity index is 2.67. The Labute approximate surface area is 86.2 Å². The zero-order valence-electron chi connectivity index (χ0n) is 7.97. The molecule has 0 aliphatic heterocycles. The number of rotatable bonds is 2. The van der Waals surface area contributed by atoms with Crippen molar-refractivity contribution in [1.29, 1.82) is 0 Å². The van der Waals surface area contributed by atoms with Crippen molar-refractivity contribution in [2.24, 2.45) is 0 Å². The van der Waals surface area contributed by atoms with E-state index >= 15 is 0 Å². The van der Waals surface area contributed by atoms with Gasteiger partial charge in [-0.2, -0.15) is 0 Å². The fourth-order valence-electron chi connectivity index (χ4n) is 1.48. The Bertz CT molecular complexity index is 505. The Kier molecular flexibility index (Phi) is 2.60. The number of aliphatic hydroxyl groups excluding tert-OH is 1. The highest BCUT2D eigenvalue weighted by molar-refractivity contribution is 5.64. The van der Waals surface area contributed by atoms with Crippen molar-refractivity contribution in [3.63, 3.8) is 0 Å². The number of H-pyrrole nitrogens is 1. The van der Waals surface area contributed by atoms with Crippen LogP contribution in [0, 0.1) is 0 Å². The molecule has 2 heterocycles. The summed E-state index contributed by atoms with van der Waals surface area (Å²) in [4.78, 5) is 18.1. The normalized spacial score (nSPS) is 10.2. The maximum absolute atomic E-state index is 11.6. The summed E-state index contributed by atoms with van der Waals surface area (Å²) >= 11 is 0. The quantitative estimate of drug-likeness (QED) is 0.761. The zero-order valence-corrected chi connectivity index (χ0v) is 7.97. The zero-order chi connectivity index (χ0) is 10.7. The van der Waals surface area contributed by atoms with Gasteiger partial charge >= 0.3 is 0 Å². The summed E-state index contributed by atoms with van der Waals surface area (Å²) in [7, 11) is 0. The van der Waals surface area contributed by atoms with Gasteiger partial charge in [0.05, 0.1) is 12.2 Å². The summed E-state index contributed by atoms with van der Waals surface area (Å²) in [6.07, 6.45) is 4.76. The van der Waals surface area contributed by atoms with Crippen LogP contribution >= 0.6 is 0 Å². The Morgan fingerprint density at radius 2 is 2.27 bits per heavy atom. The maximum Gasteiger partial charge on any atom is 0.256 e. The molecular formula is C11H10N2O2. The first kappa shape index (κ1) is 9.61. The number of hydrogen-bond acceptors (Lipinski definition) is 3. The summed E-state index contributed by atoms with van der Waals surface area (Å²) in [6.45, 7) is -0.159. The van der Waals surface area contributed by atoms with Crippen molar-refractivity contribution < 1.29 is 5.11 Å². The number of pyridine rings is 2. The van der Waals surface area contributed by atoms with E-state index in [2.05, 4.69) is 9.97 Å². The first-order chi connectivity index (χ1) is 7.33. The van der Waals surface area contributed by atoms with E-state index in [1.165, 1.54) is 6.20 Å². The molecular weight excluding hydrogens is 192 g/mol. The van der Waals surface area contributed by atoms with E-state index in [4.69, 9.17) is 5.11 Å². The van der Waals surface area contributed by atoms with Crippen LogP contribution in [0.1, 0.15) is 5.56 Å². The average molecular weight is 202 g/mol. The van der Waals surface area contributed by atoms with Crippen LogP contribution in [0.4, 0.5) is 0 Å². The smallest absolute Gasteiger partial charge is 0.256 e. The van der Waals surface area contributed by atoms with Crippen LogP contribution in [0.25, 0.3) is 11.1 Å². The van der Waals surface area contributed by atoms with Crippen LogP contribution in [0.5, 0.6) is 0 Å². The lowest BCUT2D eigenvalue weighted by molar-refractivity contribution is 0.282. The van der Waals surface area contributed by atoms with Crippen molar-refractivity contribution in [2.45, 2.75) is 6.61 Å². The first-order valence-electron chi connectivity index (χ1n) is 4.55. The Hall–Kier alpha value is -1.94. The summed E-state index contributed by atoms with van der Waals surface area (Å²) in [6, 6.07) is 5.23.